The minimum atomic E-state index is -0.0172. The molecule has 0 atom stereocenters. The van der Waals surface area contributed by atoms with Crippen molar-refractivity contribution in [3.8, 4) is 11.8 Å². The molecule has 16 heavy (non-hydrogen) atoms. The van der Waals surface area contributed by atoms with Gasteiger partial charge in [0, 0.05) is 5.56 Å². The monoisotopic (exact) mass is 217 g/mol. The predicted molar refractivity (Wildman–Crippen MR) is 61.7 cm³/mol. The number of aryl methyl sites for hydroxylation is 1. The summed E-state index contributed by atoms with van der Waals surface area (Å²) < 4.78 is 5.37. The molecule has 0 radical (unpaired) electrons. The summed E-state index contributed by atoms with van der Waals surface area (Å²) in [7, 11) is 0. The largest absolute Gasteiger partial charge is 0.492 e. The SMILES string of the molecule is CCOc1cc(CC)c(C(C)=O)cc1C#N. The van der Waals surface area contributed by atoms with E-state index < -0.39 is 0 Å². The van der Waals surface area contributed by atoms with E-state index in [1.807, 2.05) is 19.9 Å². The van der Waals surface area contributed by atoms with Crippen LogP contribution in [0.2, 0.25) is 0 Å². The van der Waals surface area contributed by atoms with Crippen molar-refractivity contribution in [3.05, 3.63) is 28.8 Å². The second-order valence-corrected chi connectivity index (χ2v) is 3.46. The van der Waals surface area contributed by atoms with Crippen molar-refractivity contribution in [2.45, 2.75) is 27.2 Å². The number of benzene rings is 1. The number of carbonyl (C=O) groups is 1. The first-order chi connectivity index (χ1) is 7.63. The molecule has 0 N–H and O–H groups in total. The number of ketones is 1. The summed E-state index contributed by atoms with van der Waals surface area (Å²) in [6.07, 6.45) is 0.751. The van der Waals surface area contributed by atoms with Gasteiger partial charge in [0.15, 0.2) is 5.78 Å². The van der Waals surface area contributed by atoms with Crippen LogP contribution >= 0.6 is 0 Å². The van der Waals surface area contributed by atoms with Gasteiger partial charge in [-0.15, -0.1) is 0 Å². The zero-order chi connectivity index (χ0) is 12.1. The Morgan fingerprint density at radius 2 is 2.12 bits per heavy atom. The Kier molecular flexibility index (Phi) is 4.07. The average Bonchev–Trinajstić information content (AvgIpc) is 2.28. The molecule has 0 bridgehead atoms. The third kappa shape index (κ3) is 2.40. The highest BCUT2D eigenvalue weighted by Crippen LogP contribution is 2.24. The lowest BCUT2D eigenvalue weighted by Gasteiger charge is -2.10. The van der Waals surface area contributed by atoms with Crippen LogP contribution in [-0.2, 0) is 6.42 Å². The van der Waals surface area contributed by atoms with Gasteiger partial charge in [-0.1, -0.05) is 6.92 Å². The molecule has 1 rings (SSSR count). The van der Waals surface area contributed by atoms with Crippen molar-refractivity contribution in [2.75, 3.05) is 6.61 Å². The van der Waals surface area contributed by atoms with Crippen LogP contribution in [0.15, 0.2) is 12.1 Å². The van der Waals surface area contributed by atoms with E-state index in [4.69, 9.17) is 10.00 Å². The molecule has 0 saturated heterocycles. The van der Waals surface area contributed by atoms with Crippen LogP contribution in [-0.4, -0.2) is 12.4 Å². The molecule has 0 amide bonds. The lowest BCUT2D eigenvalue weighted by Crippen LogP contribution is -2.03. The van der Waals surface area contributed by atoms with E-state index in [-0.39, 0.29) is 5.78 Å². The van der Waals surface area contributed by atoms with E-state index in [2.05, 4.69) is 0 Å². The number of hydrogen-bond donors (Lipinski definition) is 0. The third-order valence-corrected chi connectivity index (χ3v) is 2.39. The van der Waals surface area contributed by atoms with Crippen molar-refractivity contribution in [1.29, 1.82) is 5.26 Å². The topological polar surface area (TPSA) is 50.1 Å². The molecule has 1 aromatic rings. The van der Waals surface area contributed by atoms with Crippen LogP contribution in [0.5, 0.6) is 5.75 Å². The van der Waals surface area contributed by atoms with Crippen molar-refractivity contribution >= 4 is 5.78 Å². The lowest BCUT2D eigenvalue weighted by atomic mass is 9.99. The molecular weight excluding hydrogens is 202 g/mol. The van der Waals surface area contributed by atoms with Crippen LogP contribution in [0.3, 0.4) is 0 Å². The van der Waals surface area contributed by atoms with E-state index >= 15 is 0 Å². The Bertz CT molecular complexity index is 444. The van der Waals surface area contributed by atoms with Gasteiger partial charge in [0.2, 0.25) is 0 Å². The van der Waals surface area contributed by atoms with Gasteiger partial charge in [-0.05, 0) is 38.0 Å². The van der Waals surface area contributed by atoms with Crippen LogP contribution in [0.1, 0.15) is 42.3 Å². The maximum Gasteiger partial charge on any atom is 0.160 e. The summed E-state index contributed by atoms with van der Waals surface area (Å²) >= 11 is 0. The molecule has 84 valence electrons. The van der Waals surface area contributed by atoms with Gasteiger partial charge in [0.05, 0.1) is 12.2 Å². The minimum Gasteiger partial charge on any atom is -0.492 e. The molecule has 0 aliphatic rings. The zero-order valence-electron chi connectivity index (χ0n) is 9.83. The van der Waals surface area contributed by atoms with Gasteiger partial charge in [0.1, 0.15) is 11.8 Å². The normalized spacial score (nSPS) is 9.62. The van der Waals surface area contributed by atoms with Gasteiger partial charge >= 0.3 is 0 Å². The van der Waals surface area contributed by atoms with Gasteiger partial charge in [-0.25, -0.2) is 0 Å². The van der Waals surface area contributed by atoms with Crippen molar-refractivity contribution < 1.29 is 9.53 Å². The van der Waals surface area contributed by atoms with E-state index in [1.165, 1.54) is 6.92 Å². The first-order valence-electron chi connectivity index (χ1n) is 5.34. The molecule has 0 heterocycles. The smallest absolute Gasteiger partial charge is 0.160 e. The van der Waals surface area contributed by atoms with Crippen LogP contribution in [0, 0.1) is 11.3 Å². The fourth-order valence-corrected chi connectivity index (χ4v) is 1.60. The molecule has 3 nitrogen and oxygen atoms in total. The molecule has 0 fully saturated rings. The Balaban J connectivity index is 3.35. The van der Waals surface area contributed by atoms with Crippen LogP contribution in [0.25, 0.3) is 0 Å². The Morgan fingerprint density at radius 3 is 2.56 bits per heavy atom. The highest BCUT2D eigenvalue weighted by Gasteiger charge is 2.12. The van der Waals surface area contributed by atoms with Gasteiger partial charge in [-0.2, -0.15) is 5.26 Å². The number of hydrogen-bond acceptors (Lipinski definition) is 3. The van der Waals surface area contributed by atoms with Gasteiger partial charge < -0.3 is 4.74 Å². The number of ether oxygens (including phenoxy) is 1. The Hall–Kier alpha value is -1.82. The average molecular weight is 217 g/mol. The maximum absolute atomic E-state index is 11.4. The molecular formula is C13H15NO2. The molecule has 0 aliphatic carbocycles. The standard InChI is InChI=1S/C13H15NO2/c1-4-10-7-13(16-5-2)11(8-14)6-12(10)9(3)15/h6-7H,4-5H2,1-3H3. The molecule has 3 heteroatoms. The zero-order valence-corrected chi connectivity index (χ0v) is 9.83. The summed E-state index contributed by atoms with van der Waals surface area (Å²) in [4.78, 5) is 11.4. The first kappa shape index (κ1) is 12.3. The van der Waals surface area contributed by atoms with E-state index in [9.17, 15) is 4.79 Å². The van der Waals surface area contributed by atoms with E-state index in [0.29, 0.717) is 23.5 Å². The fourth-order valence-electron chi connectivity index (χ4n) is 1.60. The number of nitrogens with zero attached hydrogens (tertiary/aromatic N) is 1. The maximum atomic E-state index is 11.4. The van der Waals surface area contributed by atoms with E-state index in [0.717, 1.165) is 12.0 Å². The molecule has 0 spiro atoms. The number of rotatable bonds is 4. The van der Waals surface area contributed by atoms with Crippen molar-refractivity contribution in [3.63, 3.8) is 0 Å². The minimum absolute atomic E-state index is 0.0172. The predicted octanol–water partition coefficient (Wildman–Crippen LogP) is 2.72. The summed E-state index contributed by atoms with van der Waals surface area (Å²) in [6.45, 7) is 5.86. The summed E-state index contributed by atoms with van der Waals surface area (Å²) in [6, 6.07) is 5.46. The number of carbonyl (C=O) groups excluding carboxylic acids is 1. The quantitative estimate of drug-likeness (QED) is 0.728. The molecule has 1 aromatic carbocycles. The highest BCUT2D eigenvalue weighted by atomic mass is 16.5. The molecule has 0 unspecified atom stereocenters. The molecule has 0 aromatic heterocycles. The second kappa shape index (κ2) is 5.32. The van der Waals surface area contributed by atoms with Gasteiger partial charge in [-0.3, -0.25) is 4.79 Å². The summed E-state index contributed by atoms with van der Waals surface area (Å²) in [5, 5.41) is 8.97. The Morgan fingerprint density at radius 1 is 1.44 bits per heavy atom. The summed E-state index contributed by atoms with van der Waals surface area (Å²) in [5.74, 6) is 0.545. The van der Waals surface area contributed by atoms with Crippen molar-refractivity contribution in [2.24, 2.45) is 0 Å². The molecule has 0 saturated carbocycles. The van der Waals surface area contributed by atoms with Crippen LogP contribution < -0.4 is 4.74 Å². The van der Waals surface area contributed by atoms with Gasteiger partial charge in [0.25, 0.3) is 0 Å². The number of nitriles is 1. The van der Waals surface area contributed by atoms with Crippen LogP contribution in [0.4, 0.5) is 0 Å². The Labute approximate surface area is 95.7 Å². The third-order valence-electron chi connectivity index (χ3n) is 2.39. The lowest BCUT2D eigenvalue weighted by molar-refractivity contribution is 0.101. The molecule has 0 aliphatic heterocycles. The number of Topliss-reactive ketones (excluding diaryl/α,β-unsaturated/α-hetero) is 1. The van der Waals surface area contributed by atoms with E-state index in [1.54, 1.807) is 12.1 Å². The van der Waals surface area contributed by atoms with Crippen molar-refractivity contribution in [1.82, 2.24) is 0 Å². The second-order valence-electron chi connectivity index (χ2n) is 3.46. The first-order valence-corrected chi connectivity index (χ1v) is 5.34. The fraction of sp³-hybridized carbons (Fsp3) is 0.385. The summed E-state index contributed by atoms with van der Waals surface area (Å²) in [5.41, 5.74) is 1.96. The highest BCUT2D eigenvalue weighted by molar-refractivity contribution is 5.96.